The number of carboxylic acid groups (broad SMARTS) is 2. The molecule has 3 N–H and O–H groups in total. The molecule has 0 radical (unpaired) electrons. The number of hydrogen-bond acceptors (Lipinski definition) is 6. The van der Waals surface area contributed by atoms with Crippen molar-refractivity contribution in [3.8, 4) is 11.4 Å². The van der Waals surface area contributed by atoms with E-state index in [1.165, 1.54) is 38.5 Å². The second kappa shape index (κ2) is 16.8. The Morgan fingerprint density at radius 3 is 1.94 bits per heavy atom. The van der Waals surface area contributed by atoms with Crippen molar-refractivity contribution in [2.24, 2.45) is 5.92 Å². The number of anilines is 1. The molecule has 2 fully saturated rings. The van der Waals surface area contributed by atoms with Gasteiger partial charge in [0.1, 0.15) is 5.82 Å². The predicted molar refractivity (Wildman–Crippen MR) is 164 cm³/mol. The lowest BCUT2D eigenvalue weighted by atomic mass is 9.87. The van der Waals surface area contributed by atoms with Gasteiger partial charge in [0.15, 0.2) is 11.5 Å². The third kappa shape index (κ3) is 11.3. The van der Waals surface area contributed by atoms with E-state index in [4.69, 9.17) is 31.4 Å². The molecule has 10 nitrogen and oxygen atoms in total. The maximum atomic E-state index is 13.2. The number of aromatic nitrogens is 3. The Labute approximate surface area is 277 Å². The highest BCUT2D eigenvalue weighted by Gasteiger charge is 2.39. The van der Waals surface area contributed by atoms with Gasteiger partial charge in [0.25, 0.3) is 5.91 Å². The molecule has 17 heteroatoms. The summed E-state index contributed by atoms with van der Waals surface area (Å²) in [4.78, 5) is 33.4. The molecule has 4 aliphatic rings. The normalized spacial score (nSPS) is 18.5. The molecular weight excluding hydrogens is 672 g/mol. The first-order chi connectivity index (χ1) is 22.5. The van der Waals surface area contributed by atoms with Gasteiger partial charge in [-0.25, -0.2) is 9.59 Å². The topological polar surface area (TPSA) is 138 Å². The molecule has 1 saturated carbocycles. The van der Waals surface area contributed by atoms with Crippen LogP contribution >= 0.6 is 11.6 Å². The van der Waals surface area contributed by atoms with Gasteiger partial charge in [-0.1, -0.05) is 56.3 Å². The molecule has 2 atom stereocenters. The first-order valence-electron chi connectivity index (χ1n) is 15.2. The number of amides is 1. The number of nitrogens with zero attached hydrogens (tertiary/aromatic N) is 4. The monoisotopic (exact) mass is 707 g/mol. The van der Waals surface area contributed by atoms with Crippen LogP contribution in [-0.4, -0.2) is 74.3 Å². The third-order valence-corrected chi connectivity index (χ3v) is 8.08. The summed E-state index contributed by atoms with van der Waals surface area (Å²) in [5, 5.41) is 27.1. The van der Waals surface area contributed by atoms with Crippen molar-refractivity contribution in [2.75, 3.05) is 18.0 Å². The summed E-state index contributed by atoms with van der Waals surface area (Å²) in [6.07, 6.45) is -0.745. The van der Waals surface area contributed by atoms with E-state index in [-0.39, 0.29) is 11.9 Å². The molecule has 48 heavy (non-hydrogen) atoms. The van der Waals surface area contributed by atoms with E-state index >= 15 is 0 Å². The van der Waals surface area contributed by atoms with Gasteiger partial charge in [-0.3, -0.25) is 4.79 Å². The molecule has 264 valence electrons. The second-order valence-corrected chi connectivity index (χ2v) is 12.1. The van der Waals surface area contributed by atoms with Crippen molar-refractivity contribution >= 4 is 35.3 Å². The van der Waals surface area contributed by atoms with E-state index in [9.17, 15) is 31.1 Å². The standard InChI is InChI=1S/C27H34ClN5O.2C2HF3O2/c1-19-7-6-8-22(17-19)29-27(34)25-23-13-14-24(32-15-4-2-3-5-16-32)33(26(23)31-30-25)18-20-9-11-21(28)12-10-20;2*3-2(4,5)1(6)7/h9-14,19,22H,2-8,15-18H2,1H3,(H,29,34);2*(H,6,7). The van der Waals surface area contributed by atoms with Crippen molar-refractivity contribution in [3.63, 3.8) is 0 Å². The summed E-state index contributed by atoms with van der Waals surface area (Å²) in [5.74, 6) is -3.07. The molecule has 0 aromatic heterocycles. The van der Waals surface area contributed by atoms with Crippen molar-refractivity contribution in [2.45, 2.75) is 83.2 Å². The molecule has 0 bridgehead atoms. The van der Waals surface area contributed by atoms with Gasteiger partial charge < -0.3 is 25.0 Å². The summed E-state index contributed by atoms with van der Waals surface area (Å²) in [6, 6.07) is 12.3. The highest BCUT2D eigenvalue weighted by Crippen LogP contribution is 2.32. The fourth-order valence-corrected chi connectivity index (χ4v) is 5.64. The fourth-order valence-electron chi connectivity index (χ4n) is 5.51. The Bertz CT molecular complexity index is 1470. The van der Waals surface area contributed by atoms with E-state index < -0.39 is 24.3 Å². The third-order valence-electron chi connectivity index (χ3n) is 7.83. The largest absolute Gasteiger partial charge is 0.490 e. The highest BCUT2D eigenvalue weighted by molar-refractivity contribution is 6.30. The number of aliphatic carboxylic acids is 2. The number of hydrogen-bond donors (Lipinski definition) is 3. The van der Waals surface area contributed by atoms with Crippen LogP contribution in [0.25, 0.3) is 11.4 Å². The van der Waals surface area contributed by atoms with Crippen molar-refractivity contribution in [1.29, 1.82) is 0 Å². The number of carboxylic acids is 2. The number of nitrogens with one attached hydrogen (secondary N) is 1. The number of rotatable bonds is 5. The lowest BCUT2D eigenvalue weighted by Gasteiger charge is -2.28. The molecule has 5 rings (SSSR count). The van der Waals surface area contributed by atoms with Gasteiger partial charge in [-0.05, 0) is 61.4 Å². The zero-order valence-electron chi connectivity index (χ0n) is 26.0. The Morgan fingerprint density at radius 1 is 0.854 bits per heavy atom. The Morgan fingerprint density at radius 2 is 1.42 bits per heavy atom. The van der Waals surface area contributed by atoms with E-state index in [1.54, 1.807) is 0 Å². The van der Waals surface area contributed by atoms with Crippen LogP contribution in [0.15, 0.2) is 36.4 Å². The number of halogens is 7. The highest BCUT2D eigenvalue weighted by atomic mass is 35.5. The van der Waals surface area contributed by atoms with Crippen LogP contribution in [0, 0.1) is 5.92 Å². The van der Waals surface area contributed by atoms with Crippen LogP contribution in [-0.2, 0) is 16.1 Å². The Kier molecular flexibility index (Phi) is 13.5. The van der Waals surface area contributed by atoms with E-state index in [0.717, 1.165) is 53.7 Å². The quantitative estimate of drug-likeness (QED) is 0.240. The van der Waals surface area contributed by atoms with Crippen LogP contribution in [0.5, 0.6) is 0 Å². The first-order valence-corrected chi connectivity index (χ1v) is 15.6. The predicted octanol–water partition coefficient (Wildman–Crippen LogP) is 7.04. The van der Waals surface area contributed by atoms with Gasteiger partial charge in [0.2, 0.25) is 0 Å². The summed E-state index contributed by atoms with van der Waals surface area (Å²) < 4.78 is 65.7. The smallest absolute Gasteiger partial charge is 0.475 e. The van der Waals surface area contributed by atoms with Crippen molar-refractivity contribution in [1.82, 2.24) is 20.1 Å². The van der Waals surface area contributed by atoms with E-state index in [0.29, 0.717) is 18.2 Å². The minimum atomic E-state index is -5.08. The van der Waals surface area contributed by atoms with Gasteiger partial charge in [-0.15, -0.1) is 10.2 Å². The van der Waals surface area contributed by atoms with Crippen molar-refractivity contribution in [3.05, 3.63) is 52.7 Å². The van der Waals surface area contributed by atoms with Gasteiger partial charge >= 0.3 is 24.3 Å². The van der Waals surface area contributed by atoms with E-state index in [1.807, 2.05) is 18.2 Å². The maximum absolute atomic E-state index is 13.2. The second-order valence-electron chi connectivity index (χ2n) is 11.6. The Balaban J connectivity index is 0.000000376. The lowest BCUT2D eigenvalue weighted by Crippen LogP contribution is -2.38. The molecule has 1 aliphatic carbocycles. The zero-order chi connectivity index (χ0) is 35.6. The van der Waals surface area contributed by atoms with Gasteiger partial charge in [0.05, 0.1) is 12.1 Å². The van der Waals surface area contributed by atoms with E-state index in [2.05, 4.69) is 50.1 Å². The Hall–Kier alpha value is -4.08. The lowest BCUT2D eigenvalue weighted by molar-refractivity contribution is -0.193. The number of carbonyl (C=O) groups excluding carboxylic acids is 1. The summed E-state index contributed by atoms with van der Waals surface area (Å²) >= 11 is 6.13. The number of alkyl halides is 6. The summed E-state index contributed by atoms with van der Waals surface area (Å²) in [6.45, 7) is 4.99. The van der Waals surface area contributed by atoms with Gasteiger partial charge in [-0.2, -0.15) is 26.3 Å². The van der Waals surface area contributed by atoms with Crippen LogP contribution in [0.1, 0.15) is 74.3 Å². The molecule has 3 aliphatic heterocycles. The SMILES string of the molecule is CC1CCCC(NC(=O)c2nnc3n(Cc4ccc(Cl)cc4)c(N4CCCCCC4)ccc2-3)C1.O=C(O)C(F)(F)F.O=C(O)C(F)(F)F. The zero-order valence-corrected chi connectivity index (χ0v) is 26.7. The maximum Gasteiger partial charge on any atom is 0.490 e. The van der Waals surface area contributed by atoms with Crippen LogP contribution in [0.4, 0.5) is 32.2 Å². The average molecular weight is 708 g/mol. The van der Waals surface area contributed by atoms with Crippen molar-refractivity contribution < 1.29 is 50.9 Å². The molecule has 3 heterocycles. The molecule has 2 unspecified atom stereocenters. The molecule has 1 aromatic rings. The fraction of sp³-hybridized carbons (Fsp3) is 0.516. The van der Waals surface area contributed by atoms with Crippen LogP contribution in [0.3, 0.4) is 0 Å². The number of benzene rings is 1. The molecule has 1 amide bonds. The number of fused-ring (bicyclic) bond motifs is 1. The molecule has 0 spiro atoms. The van der Waals surface area contributed by atoms with Crippen LogP contribution in [0.2, 0.25) is 5.02 Å². The minimum Gasteiger partial charge on any atom is -0.475 e. The average Bonchev–Trinajstić information content (AvgIpc) is 3.25. The molecule has 1 saturated heterocycles. The molecule has 1 aromatic carbocycles. The molecular formula is C31H36ClF6N5O5. The number of carbonyl (C=O) groups is 3. The van der Waals surface area contributed by atoms with Crippen LogP contribution < -0.4 is 10.2 Å². The first kappa shape index (κ1) is 38.4. The number of pyridine rings is 1. The summed E-state index contributed by atoms with van der Waals surface area (Å²) in [5.41, 5.74) is 2.39. The van der Waals surface area contributed by atoms with Gasteiger partial charge in [0, 0.05) is 24.2 Å². The summed E-state index contributed by atoms with van der Waals surface area (Å²) in [7, 11) is 0. The minimum absolute atomic E-state index is 0.109.